The van der Waals surface area contributed by atoms with Crippen LogP contribution in [0.5, 0.6) is 16.6 Å². The van der Waals surface area contributed by atoms with Gasteiger partial charge in [0.25, 0.3) is 0 Å². The zero-order valence-electron chi connectivity index (χ0n) is 11.4. The van der Waals surface area contributed by atoms with Gasteiger partial charge in [-0.2, -0.15) is 0 Å². The quantitative estimate of drug-likeness (QED) is 0.768. The average molecular weight is 258 g/mol. The SMILES string of the molecule is CC(C)Oc1csc(OC(C)C)c1OC(C)C. The summed E-state index contributed by atoms with van der Waals surface area (Å²) < 4.78 is 17.2. The Bertz CT molecular complexity index is 315. The molecule has 0 aliphatic rings. The fraction of sp³-hybridized carbons (Fsp3) is 0.692. The first-order chi connectivity index (χ1) is 7.90. The van der Waals surface area contributed by atoms with Gasteiger partial charge in [0, 0.05) is 5.38 Å². The molecule has 17 heavy (non-hydrogen) atoms. The molecule has 1 rings (SSSR count). The van der Waals surface area contributed by atoms with Crippen molar-refractivity contribution in [3.05, 3.63) is 5.38 Å². The van der Waals surface area contributed by atoms with Crippen molar-refractivity contribution in [2.24, 2.45) is 0 Å². The minimum absolute atomic E-state index is 0.105. The second-order valence-corrected chi connectivity index (χ2v) is 5.56. The molecule has 0 bridgehead atoms. The molecule has 0 aliphatic carbocycles. The van der Waals surface area contributed by atoms with Gasteiger partial charge >= 0.3 is 0 Å². The van der Waals surface area contributed by atoms with Crippen LogP contribution >= 0.6 is 11.3 Å². The predicted octanol–water partition coefficient (Wildman–Crippen LogP) is 4.11. The molecule has 0 unspecified atom stereocenters. The van der Waals surface area contributed by atoms with Crippen molar-refractivity contribution in [2.45, 2.75) is 59.9 Å². The summed E-state index contributed by atoms with van der Waals surface area (Å²) in [5.41, 5.74) is 0. The lowest BCUT2D eigenvalue weighted by Gasteiger charge is -2.16. The van der Waals surface area contributed by atoms with Crippen molar-refractivity contribution in [1.82, 2.24) is 0 Å². The van der Waals surface area contributed by atoms with Gasteiger partial charge in [-0.25, -0.2) is 0 Å². The van der Waals surface area contributed by atoms with E-state index < -0.39 is 0 Å². The van der Waals surface area contributed by atoms with Crippen LogP contribution in [-0.4, -0.2) is 18.3 Å². The Hall–Kier alpha value is -0.900. The molecule has 0 N–H and O–H groups in total. The second kappa shape index (κ2) is 6.15. The molecule has 1 heterocycles. The highest BCUT2D eigenvalue weighted by Crippen LogP contribution is 2.45. The summed E-state index contributed by atoms with van der Waals surface area (Å²) in [6.45, 7) is 12.0. The lowest BCUT2D eigenvalue weighted by Crippen LogP contribution is -2.11. The molecular formula is C13H22O3S. The monoisotopic (exact) mass is 258 g/mol. The molecule has 0 saturated carbocycles. The van der Waals surface area contributed by atoms with Gasteiger partial charge in [-0.1, -0.05) is 11.3 Å². The Morgan fingerprint density at radius 2 is 1.35 bits per heavy atom. The third-order valence-corrected chi connectivity index (χ3v) is 2.57. The molecule has 1 aromatic heterocycles. The van der Waals surface area contributed by atoms with Crippen LogP contribution in [0.2, 0.25) is 0 Å². The van der Waals surface area contributed by atoms with Gasteiger partial charge < -0.3 is 14.2 Å². The van der Waals surface area contributed by atoms with E-state index in [4.69, 9.17) is 14.2 Å². The van der Waals surface area contributed by atoms with Crippen molar-refractivity contribution in [3.63, 3.8) is 0 Å². The topological polar surface area (TPSA) is 27.7 Å². The second-order valence-electron chi connectivity index (χ2n) is 4.72. The number of hydrogen-bond donors (Lipinski definition) is 0. The molecule has 98 valence electrons. The molecule has 0 saturated heterocycles. The summed E-state index contributed by atoms with van der Waals surface area (Å²) in [5.74, 6) is 1.50. The molecule has 0 radical (unpaired) electrons. The molecule has 4 heteroatoms. The molecule has 0 fully saturated rings. The number of hydrogen-bond acceptors (Lipinski definition) is 4. The number of ether oxygens (including phenoxy) is 3. The van der Waals surface area contributed by atoms with Crippen molar-refractivity contribution in [1.29, 1.82) is 0 Å². The summed E-state index contributed by atoms with van der Waals surface area (Å²) in [5, 5.41) is 2.74. The Kier molecular flexibility index (Phi) is 5.12. The van der Waals surface area contributed by atoms with E-state index in [1.807, 2.05) is 46.9 Å². The molecule has 0 spiro atoms. The van der Waals surface area contributed by atoms with Crippen molar-refractivity contribution < 1.29 is 14.2 Å². The maximum Gasteiger partial charge on any atom is 0.221 e. The normalized spacial score (nSPS) is 11.4. The molecule has 0 atom stereocenters. The van der Waals surface area contributed by atoms with Gasteiger partial charge in [0.05, 0.1) is 18.3 Å². The minimum Gasteiger partial charge on any atom is -0.486 e. The average Bonchev–Trinajstić information content (AvgIpc) is 2.47. The van der Waals surface area contributed by atoms with E-state index >= 15 is 0 Å². The van der Waals surface area contributed by atoms with Gasteiger partial charge in [-0.3, -0.25) is 0 Å². The van der Waals surface area contributed by atoms with Crippen LogP contribution in [0.15, 0.2) is 5.38 Å². The van der Waals surface area contributed by atoms with Crippen molar-refractivity contribution in [3.8, 4) is 16.6 Å². The van der Waals surface area contributed by atoms with Crippen LogP contribution in [0.25, 0.3) is 0 Å². The standard InChI is InChI=1S/C13H22O3S/c1-8(2)14-11-7-17-13(16-10(5)6)12(11)15-9(3)4/h7-10H,1-6H3. The van der Waals surface area contributed by atoms with E-state index in [0.717, 1.165) is 16.6 Å². The van der Waals surface area contributed by atoms with Gasteiger partial charge in [0.1, 0.15) is 0 Å². The predicted molar refractivity (Wildman–Crippen MR) is 71.6 cm³/mol. The molecule has 0 amide bonds. The van der Waals surface area contributed by atoms with Crippen molar-refractivity contribution >= 4 is 11.3 Å². The van der Waals surface area contributed by atoms with Crippen molar-refractivity contribution in [2.75, 3.05) is 0 Å². The first-order valence-electron chi connectivity index (χ1n) is 6.01. The largest absolute Gasteiger partial charge is 0.486 e. The lowest BCUT2D eigenvalue weighted by molar-refractivity contribution is 0.182. The molecule has 3 nitrogen and oxygen atoms in total. The first kappa shape index (κ1) is 14.2. The lowest BCUT2D eigenvalue weighted by atomic mass is 10.4. The van der Waals surface area contributed by atoms with Crippen LogP contribution in [0, 0.1) is 0 Å². The van der Waals surface area contributed by atoms with E-state index in [2.05, 4.69) is 0 Å². The van der Waals surface area contributed by atoms with E-state index in [0.29, 0.717) is 0 Å². The van der Waals surface area contributed by atoms with Gasteiger partial charge in [0.2, 0.25) is 10.8 Å². The molecule has 1 aromatic rings. The number of thiophene rings is 1. The van der Waals surface area contributed by atoms with E-state index in [9.17, 15) is 0 Å². The van der Waals surface area contributed by atoms with Crippen LogP contribution in [0.4, 0.5) is 0 Å². The summed E-state index contributed by atoms with van der Waals surface area (Å²) in [6, 6.07) is 0. The Morgan fingerprint density at radius 1 is 0.824 bits per heavy atom. The maximum absolute atomic E-state index is 5.78. The summed E-state index contributed by atoms with van der Waals surface area (Å²) in [6.07, 6.45) is 0.370. The summed E-state index contributed by atoms with van der Waals surface area (Å²) in [4.78, 5) is 0. The highest BCUT2D eigenvalue weighted by atomic mass is 32.1. The first-order valence-corrected chi connectivity index (χ1v) is 6.89. The van der Waals surface area contributed by atoms with Gasteiger partial charge in [0.15, 0.2) is 5.75 Å². The third-order valence-electron chi connectivity index (χ3n) is 1.74. The Labute approximate surface area is 108 Å². The van der Waals surface area contributed by atoms with Crippen LogP contribution in [0.1, 0.15) is 41.5 Å². The highest BCUT2D eigenvalue weighted by molar-refractivity contribution is 7.12. The van der Waals surface area contributed by atoms with Crippen LogP contribution < -0.4 is 14.2 Å². The van der Waals surface area contributed by atoms with E-state index in [-0.39, 0.29) is 18.3 Å². The summed E-state index contributed by atoms with van der Waals surface area (Å²) >= 11 is 1.52. The van der Waals surface area contributed by atoms with Gasteiger partial charge in [-0.05, 0) is 41.5 Å². The molecular weight excluding hydrogens is 236 g/mol. The van der Waals surface area contributed by atoms with E-state index in [1.54, 1.807) is 0 Å². The fourth-order valence-electron chi connectivity index (χ4n) is 1.29. The van der Waals surface area contributed by atoms with Crippen LogP contribution in [0.3, 0.4) is 0 Å². The maximum atomic E-state index is 5.78. The number of rotatable bonds is 6. The molecule has 0 aromatic carbocycles. The van der Waals surface area contributed by atoms with E-state index in [1.165, 1.54) is 11.3 Å². The minimum atomic E-state index is 0.105. The zero-order chi connectivity index (χ0) is 13.0. The smallest absolute Gasteiger partial charge is 0.221 e. The van der Waals surface area contributed by atoms with Crippen LogP contribution in [-0.2, 0) is 0 Å². The Morgan fingerprint density at radius 3 is 1.82 bits per heavy atom. The summed E-state index contributed by atoms with van der Waals surface area (Å²) in [7, 11) is 0. The molecule has 0 aliphatic heterocycles. The van der Waals surface area contributed by atoms with Gasteiger partial charge in [-0.15, -0.1) is 0 Å². The zero-order valence-corrected chi connectivity index (χ0v) is 12.3. The fourth-order valence-corrected chi connectivity index (χ4v) is 2.17. The Balaban J connectivity index is 2.92. The highest BCUT2D eigenvalue weighted by Gasteiger charge is 2.19. The third kappa shape index (κ3) is 4.46.